The number of nitrogens with one attached hydrogen (secondary N) is 1. The summed E-state index contributed by atoms with van der Waals surface area (Å²) >= 11 is 0. The Labute approximate surface area is 188 Å². The molecule has 1 atom stereocenters. The van der Waals surface area contributed by atoms with Crippen molar-refractivity contribution in [2.45, 2.75) is 31.8 Å². The molecule has 1 fully saturated rings. The van der Waals surface area contributed by atoms with Gasteiger partial charge in [-0.15, -0.1) is 0 Å². The van der Waals surface area contributed by atoms with E-state index in [1.54, 1.807) is 19.1 Å². The third-order valence-electron chi connectivity index (χ3n) is 5.71. The van der Waals surface area contributed by atoms with E-state index in [2.05, 4.69) is 5.32 Å². The lowest BCUT2D eigenvalue weighted by Crippen LogP contribution is -2.69. The van der Waals surface area contributed by atoms with E-state index in [0.717, 1.165) is 22.5 Å². The maximum absolute atomic E-state index is 13.2. The number of halogens is 1. The topological polar surface area (TPSA) is 86.8 Å². The molecular formula is C23H28FN3O4S. The van der Waals surface area contributed by atoms with Gasteiger partial charge < -0.3 is 10.2 Å². The molecule has 7 nitrogen and oxygen atoms in total. The first-order valence-electron chi connectivity index (χ1n) is 10.4. The number of piperazine rings is 1. The first kappa shape index (κ1) is 23.9. The summed E-state index contributed by atoms with van der Waals surface area (Å²) in [5.41, 5.74) is 0.452. The minimum absolute atomic E-state index is 0.127. The minimum atomic E-state index is -3.66. The molecule has 0 saturated carbocycles. The third kappa shape index (κ3) is 5.72. The molecule has 32 heavy (non-hydrogen) atoms. The van der Waals surface area contributed by atoms with E-state index in [1.807, 2.05) is 30.3 Å². The Balaban J connectivity index is 1.76. The number of aryl methyl sites for hydroxylation is 1. The van der Waals surface area contributed by atoms with Crippen LogP contribution in [0.4, 0.5) is 4.39 Å². The van der Waals surface area contributed by atoms with E-state index in [-0.39, 0.29) is 25.5 Å². The summed E-state index contributed by atoms with van der Waals surface area (Å²) in [6.07, 6.45) is 2.39. The van der Waals surface area contributed by atoms with E-state index >= 15 is 0 Å². The lowest BCUT2D eigenvalue weighted by Gasteiger charge is -2.46. The zero-order valence-corrected chi connectivity index (χ0v) is 19.1. The van der Waals surface area contributed by atoms with Gasteiger partial charge in [0.15, 0.2) is 0 Å². The molecule has 2 aromatic carbocycles. The fraction of sp³-hybridized carbons (Fsp3) is 0.391. The molecule has 0 aliphatic carbocycles. The smallest absolute Gasteiger partial charge is 0.247 e. The van der Waals surface area contributed by atoms with Crippen molar-refractivity contribution in [2.75, 3.05) is 25.9 Å². The van der Waals surface area contributed by atoms with Crippen molar-refractivity contribution in [1.29, 1.82) is 0 Å². The van der Waals surface area contributed by atoms with Crippen molar-refractivity contribution in [1.82, 2.24) is 14.5 Å². The Hall–Kier alpha value is -2.78. The van der Waals surface area contributed by atoms with Gasteiger partial charge >= 0.3 is 0 Å². The molecule has 0 bridgehead atoms. The minimum Gasteiger partial charge on any atom is -0.350 e. The van der Waals surface area contributed by atoms with Crippen LogP contribution < -0.4 is 5.32 Å². The van der Waals surface area contributed by atoms with Gasteiger partial charge in [0, 0.05) is 19.6 Å². The average molecular weight is 462 g/mol. The Kier molecular flexibility index (Phi) is 7.30. The first-order chi connectivity index (χ1) is 15.1. The number of hydrogen-bond donors (Lipinski definition) is 1. The molecule has 0 unspecified atom stereocenters. The number of nitrogens with zero attached hydrogens (tertiary/aromatic N) is 2. The van der Waals surface area contributed by atoms with Crippen LogP contribution in [0.25, 0.3) is 0 Å². The summed E-state index contributed by atoms with van der Waals surface area (Å²) in [7, 11) is -3.66. The van der Waals surface area contributed by atoms with Crippen molar-refractivity contribution in [3.63, 3.8) is 0 Å². The maximum atomic E-state index is 13.2. The van der Waals surface area contributed by atoms with Crippen LogP contribution in [0.1, 0.15) is 24.5 Å². The second-order valence-corrected chi connectivity index (χ2v) is 10.2. The largest absolute Gasteiger partial charge is 0.350 e. The molecule has 1 aliphatic rings. The van der Waals surface area contributed by atoms with E-state index in [4.69, 9.17) is 0 Å². The zero-order valence-electron chi connectivity index (χ0n) is 18.3. The molecule has 0 aromatic heterocycles. The van der Waals surface area contributed by atoms with Crippen LogP contribution in [-0.2, 0) is 32.6 Å². The van der Waals surface area contributed by atoms with Crippen LogP contribution in [-0.4, -0.2) is 60.9 Å². The Bertz CT molecular complexity index is 1060. The van der Waals surface area contributed by atoms with Crippen molar-refractivity contribution in [3.8, 4) is 0 Å². The normalized spacial score (nSPS) is 19.7. The van der Waals surface area contributed by atoms with Gasteiger partial charge in [0.05, 0.1) is 12.8 Å². The van der Waals surface area contributed by atoms with Gasteiger partial charge in [-0.3, -0.25) is 9.59 Å². The molecule has 1 heterocycles. The van der Waals surface area contributed by atoms with Crippen molar-refractivity contribution >= 4 is 21.8 Å². The monoisotopic (exact) mass is 461 g/mol. The first-order valence-corrected chi connectivity index (χ1v) is 12.3. The molecule has 2 amide bonds. The van der Waals surface area contributed by atoms with Crippen LogP contribution in [0.5, 0.6) is 0 Å². The van der Waals surface area contributed by atoms with Crippen LogP contribution >= 0.6 is 0 Å². The molecule has 9 heteroatoms. The molecule has 1 saturated heterocycles. The highest BCUT2D eigenvalue weighted by Gasteiger charge is 2.49. The predicted octanol–water partition coefficient (Wildman–Crippen LogP) is 1.94. The fourth-order valence-electron chi connectivity index (χ4n) is 3.86. The van der Waals surface area contributed by atoms with E-state index in [9.17, 15) is 22.4 Å². The summed E-state index contributed by atoms with van der Waals surface area (Å²) in [6, 6.07) is 15.5. The molecule has 1 N–H and O–H groups in total. The number of sulfonamides is 1. The summed E-state index contributed by atoms with van der Waals surface area (Å²) in [5.74, 6) is -1.24. The predicted molar refractivity (Wildman–Crippen MR) is 120 cm³/mol. The molecule has 0 radical (unpaired) electrons. The summed E-state index contributed by atoms with van der Waals surface area (Å²) in [4.78, 5) is 27.6. The Morgan fingerprint density at radius 1 is 1.09 bits per heavy atom. The van der Waals surface area contributed by atoms with Gasteiger partial charge in [0.2, 0.25) is 21.8 Å². The highest BCUT2D eigenvalue weighted by atomic mass is 32.2. The number of amides is 2. The third-order valence-corrected chi connectivity index (χ3v) is 6.90. The maximum Gasteiger partial charge on any atom is 0.247 e. The summed E-state index contributed by atoms with van der Waals surface area (Å²) in [6.45, 7) is 1.64. The van der Waals surface area contributed by atoms with Crippen LogP contribution in [0, 0.1) is 5.82 Å². The van der Waals surface area contributed by atoms with Gasteiger partial charge in [0.25, 0.3) is 0 Å². The van der Waals surface area contributed by atoms with Gasteiger partial charge in [0.1, 0.15) is 11.4 Å². The summed E-state index contributed by atoms with van der Waals surface area (Å²) < 4.78 is 38.5. The van der Waals surface area contributed by atoms with E-state index in [0.29, 0.717) is 18.5 Å². The van der Waals surface area contributed by atoms with Crippen LogP contribution in [0.3, 0.4) is 0 Å². The molecule has 0 spiro atoms. The fourth-order valence-corrected chi connectivity index (χ4v) is 4.69. The van der Waals surface area contributed by atoms with Crippen LogP contribution in [0.2, 0.25) is 0 Å². The van der Waals surface area contributed by atoms with Gasteiger partial charge in [-0.25, -0.2) is 12.8 Å². The number of carbonyl (C=O) groups excluding carboxylic acids is 2. The van der Waals surface area contributed by atoms with Crippen LogP contribution in [0.15, 0.2) is 54.6 Å². The lowest BCUT2D eigenvalue weighted by atomic mass is 9.94. The molecule has 172 valence electrons. The van der Waals surface area contributed by atoms with Gasteiger partial charge in [-0.1, -0.05) is 42.5 Å². The SMILES string of the molecule is C[C@]1(C(=O)NCc2ccc(F)cc2)CN(S(C)(=O)=O)CC(=O)N1CCCc1ccccc1. The standard InChI is InChI=1S/C23H28FN3O4S/c1-23(22(29)25-15-19-10-12-20(24)13-11-19)17-26(32(2,30)31)16-21(28)27(23)14-6-9-18-7-4-3-5-8-18/h3-5,7-8,10-13H,6,9,14-17H2,1-2H3,(H,25,29)/t23-/m1/s1. The lowest BCUT2D eigenvalue weighted by molar-refractivity contribution is -0.152. The second-order valence-electron chi connectivity index (χ2n) is 8.25. The molecule has 2 aromatic rings. The van der Waals surface area contributed by atoms with Gasteiger partial charge in [-0.05, 0) is 43.0 Å². The van der Waals surface area contributed by atoms with Gasteiger partial charge in [-0.2, -0.15) is 4.31 Å². The molecule has 3 rings (SSSR count). The van der Waals surface area contributed by atoms with E-state index < -0.39 is 27.4 Å². The molecule has 1 aliphatic heterocycles. The second kappa shape index (κ2) is 9.79. The highest BCUT2D eigenvalue weighted by Crippen LogP contribution is 2.25. The zero-order chi connectivity index (χ0) is 23.4. The molecular weight excluding hydrogens is 433 g/mol. The van der Waals surface area contributed by atoms with Crippen molar-refractivity contribution < 1.29 is 22.4 Å². The quantitative estimate of drug-likeness (QED) is 0.651. The Morgan fingerprint density at radius 2 is 1.75 bits per heavy atom. The number of benzene rings is 2. The van der Waals surface area contributed by atoms with Crippen molar-refractivity contribution in [3.05, 3.63) is 71.5 Å². The number of rotatable bonds is 8. The summed E-state index contributed by atoms with van der Waals surface area (Å²) in [5, 5.41) is 2.78. The number of carbonyl (C=O) groups is 2. The average Bonchev–Trinajstić information content (AvgIpc) is 2.75. The highest BCUT2D eigenvalue weighted by molar-refractivity contribution is 7.88. The van der Waals surface area contributed by atoms with E-state index in [1.165, 1.54) is 17.0 Å². The van der Waals surface area contributed by atoms with Crippen molar-refractivity contribution in [2.24, 2.45) is 0 Å². The Morgan fingerprint density at radius 3 is 2.38 bits per heavy atom. The number of hydrogen-bond acceptors (Lipinski definition) is 4.